The van der Waals surface area contributed by atoms with Gasteiger partial charge in [0.1, 0.15) is 22.8 Å². The molecule has 1 aliphatic heterocycles. The van der Waals surface area contributed by atoms with Crippen molar-refractivity contribution in [1.82, 2.24) is 14.9 Å². The molecule has 0 bridgehead atoms. The molecule has 0 spiro atoms. The molecular formula is C21H20FN3O2. The molecule has 27 heavy (non-hydrogen) atoms. The molecule has 138 valence electrons. The average molecular weight is 365 g/mol. The van der Waals surface area contributed by atoms with E-state index in [0.717, 1.165) is 18.4 Å². The standard InChI is InChI=1S/C21H20FN3O2/c1-21(9-5-11-25(21)19(26)18-8-2-3-10-23-18)20-24-14-17(27-20)13-15-6-4-7-16(22)12-15/h2-4,6-8,10,12,14H,5,9,11,13H2,1H3. The number of aromatic nitrogens is 2. The fourth-order valence-electron chi connectivity index (χ4n) is 3.63. The van der Waals surface area contributed by atoms with Crippen LogP contribution in [0.3, 0.4) is 0 Å². The highest BCUT2D eigenvalue weighted by molar-refractivity contribution is 5.93. The Morgan fingerprint density at radius 1 is 1.26 bits per heavy atom. The molecule has 0 N–H and O–H groups in total. The van der Waals surface area contributed by atoms with E-state index in [-0.39, 0.29) is 11.7 Å². The Kier molecular flexibility index (Phi) is 4.48. The van der Waals surface area contributed by atoms with E-state index in [9.17, 15) is 9.18 Å². The Labute approximate surface area is 156 Å². The van der Waals surface area contributed by atoms with Crippen molar-refractivity contribution in [2.75, 3.05) is 6.54 Å². The second-order valence-corrected chi connectivity index (χ2v) is 6.99. The Bertz CT molecular complexity index is 957. The maximum absolute atomic E-state index is 13.4. The van der Waals surface area contributed by atoms with Gasteiger partial charge in [-0.3, -0.25) is 9.78 Å². The van der Waals surface area contributed by atoms with Crippen LogP contribution in [0.25, 0.3) is 0 Å². The molecule has 4 rings (SSSR count). The number of likely N-dealkylation sites (tertiary alicyclic amines) is 1. The van der Waals surface area contributed by atoms with Gasteiger partial charge in [-0.25, -0.2) is 9.37 Å². The van der Waals surface area contributed by atoms with Gasteiger partial charge in [0.05, 0.1) is 6.20 Å². The summed E-state index contributed by atoms with van der Waals surface area (Å²) < 4.78 is 19.4. The first-order chi connectivity index (χ1) is 13.1. The lowest BCUT2D eigenvalue weighted by Gasteiger charge is -2.32. The topological polar surface area (TPSA) is 59.2 Å². The monoisotopic (exact) mass is 365 g/mol. The van der Waals surface area contributed by atoms with Gasteiger partial charge in [-0.05, 0) is 49.6 Å². The molecule has 1 aromatic carbocycles. The van der Waals surface area contributed by atoms with Gasteiger partial charge in [-0.2, -0.15) is 0 Å². The summed E-state index contributed by atoms with van der Waals surface area (Å²) in [7, 11) is 0. The van der Waals surface area contributed by atoms with Crippen LogP contribution in [-0.2, 0) is 12.0 Å². The smallest absolute Gasteiger partial charge is 0.273 e. The molecule has 1 saturated heterocycles. The van der Waals surface area contributed by atoms with E-state index in [2.05, 4.69) is 9.97 Å². The zero-order chi connectivity index (χ0) is 18.9. The van der Waals surface area contributed by atoms with Crippen molar-refractivity contribution in [2.45, 2.75) is 31.7 Å². The third kappa shape index (κ3) is 3.35. The average Bonchev–Trinajstić information content (AvgIpc) is 3.30. The SMILES string of the molecule is CC1(c2ncc(Cc3cccc(F)c3)o2)CCCN1C(=O)c1ccccn1. The van der Waals surface area contributed by atoms with E-state index in [1.54, 1.807) is 41.6 Å². The summed E-state index contributed by atoms with van der Waals surface area (Å²) in [5, 5.41) is 0. The van der Waals surface area contributed by atoms with Gasteiger partial charge in [-0.15, -0.1) is 0 Å². The van der Waals surface area contributed by atoms with Crippen LogP contribution in [0.15, 0.2) is 59.3 Å². The zero-order valence-electron chi connectivity index (χ0n) is 15.1. The molecule has 1 unspecified atom stereocenters. The molecule has 1 atom stereocenters. The summed E-state index contributed by atoms with van der Waals surface area (Å²) in [5.41, 5.74) is 0.613. The molecule has 5 nitrogen and oxygen atoms in total. The Morgan fingerprint density at radius 3 is 2.93 bits per heavy atom. The summed E-state index contributed by atoms with van der Waals surface area (Å²) in [5.74, 6) is 0.757. The van der Waals surface area contributed by atoms with Crippen molar-refractivity contribution in [3.63, 3.8) is 0 Å². The van der Waals surface area contributed by atoms with E-state index in [1.807, 2.05) is 13.0 Å². The minimum absolute atomic E-state index is 0.125. The van der Waals surface area contributed by atoms with Crippen molar-refractivity contribution in [1.29, 1.82) is 0 Å². The number of carbonyl (C=O) groups excluding carboxylic acids is 1. The molecule has 3 aromatic rings. The fraction of sp³-hybridized carbons (Fsp3) is 0.286. The lowest BCUT2D eigenvalue weighted by atomic mass is 9.98. The van der Waals surface area contributed by atoms with Crippen LogP contribution in [0.2, 0.25) is 0 Å². The highest BCUT2D eigenvalue weighted by Gasteiger charge is 2.45. The number of hydrogen-bond donors (Lipinski definition) is 0. The summed E-state index contributed by atoms with van der Waals surface area (Å²) in [6.07, 6.45) is 5.37. The van der Waals surface area contributed by atoms with Gasteiger partial charge in [0.2, 0.25) is 5.89 Å². The van der Waals surface area contributed by atoms with Gasteiger partial charge in [0, 0.05) is 19.2 Å². The number of amides is 1. The lowest BCUT2D eigenvalue weighted by molar-refractivity contribution is 0.0557. The molecular weight excluding hydrogens is 345 g/mol. The number of pyridine rings is 1. The molecule has 0 saturated carbocycles. The quantitative estimate of drug-likeness (QED) is 0.702. The molecule has 1 fully saturated rings. The highest BCUT2D eigenvalue weighted by Crippen LogP contribution is 2.39. The van der Waals surface area contributed by atoms with E-state index >= 15 is 0 Å². The first-order valence-electron chi connectivity index (χ1n) is 8.99. The van der Waals surface area contributed by atoms with Crippen molar-refractivity contribution >= 4 is 5.91 Å². The van der Waals surface area contributed by atoms with Gasteiger partial charge in [-0.1, -0.05) is 18.2 Å². The normalized spacial score (nSPS) is 19.4. The van der Waals surface area contributed by atoms with Crippen LogP contribution in [-0.4, -0.2) is 27.3 Å². The van der Waals surface area contributed by atoms with Crippen LogP contribution >= 0.6 is 0 Å². The number of carbonyl (C=O) groups is 1. The maximum atomic E-state index is 13.4. The van der Waals surface area contributed by atoms with Gasteiger partial charge in [0.15, 0.2) is 0 Å². The van der Waals surface area contributed by atoms with Crippen molar-refractivity contribution in [3.05, 3.63) is 83.6 Å². The first kappa shape index (κ1) is 17.4. The number of benzene rings is 1. The number of rotatable bonds is 4. The number of nitrogens with zero attached hydrogens (tertiary/aromatic N) is 3. The van der Waals surface area contributed by atoms with Crippen molar-refractivity contribution in [3.8, 4) is 0 Å². The minimum atomic E-state index is -0.616. The zero-order valence-corrected chi connectivity index (χ0v) is 15.1. The summed E-state index contributed by atoms with van der Waals surface area (Å²) in [6, 6.07) is 11.7. The lowest BCUT2D eigenvalue weighted by Crippen LogP contribution is -2.43. The predicted molar refractivity (Wildman–Crippen MR) is 97.6 cm³/mol. The largest absolute Gasteiger partial charge is 0.443 e. The third-order valence-electron chi connectivity index (χ3n) is 5.05. The van der Waals surface area contributed by atoms with Crippen LogP contribution in [0, 0.1) is 5.82 Å². The highest BCUT2D eigenvalue weighted by atomic mass is 19.1. The number of oxazole rings is 1. The van der Waals surface area contributed by atoms with Gasteiger partial charge < -0.3 is 9.32 Å². The molecule has 3 heterocycles. The Balaban J connectivity index is 1.58. The Hall–Kier alpha value is -3.02. The fourth-order valence-corrected chi connectivity index (χ4v) is 3.63. The van der Waals surface area contributed by atoms with Gasteiger partial charge in [0.25, 0.3) is 5.91 Å². The van der Waals surface area contributed by atoms with E-state index in [0.29, 0.717) is 30.3 Å². The molecule has 2 aromatic heterocycles. The van der Waals surface area contributed by atoms with Crippen LogP contribution in [0.4, 0.5) is 4.39 Å². The molecule has 0 aliphatic carbocycles. The van der Waals surface area contributed by atoms with Crippen LogP contribution in [0.1, 0.15) is 47.5 Å². The second kappa shape index (κ2) is 6.95. The van der Waals surface area contributed by atoms with Crippen LogP contribution < -0.4 is 0 Å². The molecule has 6 heteroatoms. The van der Waals surface area contributed by atoms with E-state index in [4.69, 9.17) is 4.42 Å². The van der Waals surface area contributed by atoms with E-state index < -0.39 is 5.54 Å². The predicted octanol–water partition coefficient (Wildman–Crippen LogP) is 3.95. The number of halogens is 1. The second-order valence-electron chi connectivity index (χ2n) is 6.99. The molecule has 1 aliphatic rings. The van der Waals surface area contributed by atoms with Crippen molar-refractivity contribution < 1.29 is 13.6 Å². The number of hydrogen-bond acceptors (Lipinski definition) is 4. The maximum Gasteiger partial charge on any atom is 0.273 e. The summed E-state index contributed by atoms with van der Waals surface area (Å²) in [6.45, 7) is 2.60. The summed E-state index contributed by atoms with van der Waals surface area (Å²) >= 11 is 0. The first-order valence-corrected chi connectivity index (χ1v) is 8.99. The van der Waals surface area contributed by atoms with Gasteiger partial charge >= 0.3 is 0 Å². The molecule has 0 radical (unpaired) electrons. The minimum Gasteiger partial charge on any atom is -0.443 e. The van der Waals surface area contributed by atoms with Crippen molar-refractivity contribution in [2.24, 2.45) is 0 Å². The molecule has 1 amide bonds. The van der Waals surface area contributed by atoms with E-state index in [1.165, 1.54) is 12.1 Å². The summed E-state index contributed by atoms with van der Waals surface area (Å²) in [4.78, 5) is 23.3. The van der Waals surface area contributed by atoms with Crippen LogP contribution in [0.5, 0.6) is 0 Å². The Morgan fingerprint density at radius 2 is 2.15 bits per heavy atom. The third-order valence-corrected chi connectivity index (χ3v) is 5.05.